The highest BCUT2D eigenvalue weighted by atomic mass is 28.3. The molecule has 1 aliphatic heterocycles. The van der Waals surface area contributed by atoms with Crippen molar-refractivity contribution in [2.24, 2.45) is 0 Å². The molecule has 0 atom stereocenters. The third-order valence-corrected chi connectivity index (χ3v) is 13.1. The summed E-state index contributed by atoms with van der Waals surface area (Å²) in [7, 11) is -3.24. The SMILES string of the molecule is CC(C)(C)c1cccc2c1[Si](C)(C)c1ccccc1[Si]2(C)C. The quantitative estimate of drug-likeness (QED) is 0.654. The Morgan fingerprint density at radius 3 is 1.68 bits per heavy atom. The van der Waals surface area contributed by atoms with Crippen molar-refractivity contribution in [2.75, 3.05) is 0 Å². The maximum absolute atomic E-state index is 2.55. The van der Waals surface area contributed by atoms with Crippen LogP contribution in [0.1, 0.15) is 26.3 Å². The van der Waals surface area contributed by atoms with Crippen LogP contribution in [0, 0.1) is 0 Å². The van der Waals surface area contributed by atoms with E-state index in [0.29, 0.717) is 0 Å². The third-order valence-electron chi connectivity index (χ3n) is 5.44. The Kier molecular flexibility index (Phi) is 3.36. The molecule has 0 radical (unpaired) electrons. The van der Waals surface area contributed by atoms with Crippen molar-refractivity contribution >= 4 is 36.9 Å². The predicted octanol–water partition coefficient (Wildman–Crippen LogP) is 2.94. The van der Waals surface area contributed by atoms with E-state index < -0.39 is 16.1 Å². The van der Waals surface area contributed by atoms with E-state index in [1.807, 2.05) is 0 Å². The van der Waals surface area contributed by atoms with Gasteiger partial charge in [-0.2, -0.15) is 0 Å². The zero-order valence-electron chi connectivity index (χ0n) is 15.0. The van der Waals surface area contributed by atoms with Gasteiger partial charge in [-0.3, -0.25) is 0 Å². The number of hydrogen-bond donors (Lipinski definition) is 0. The van der Waals surface area contributed by atoms with Gasteiger partial charge in [-0.25, -0.2) is 0 Å². The van der Waals surface area contributed by atoms with E-state index in [9.17, 15) is 0 Å². The Morgan fingerprint density at radius 1 is 0.636 bits per heavy atom. The Labute approximate surface area is 137 Å². The summed E-state index contributed by atoms with van der Waals surface area (Å²) < 4.78 is 0. The van der Waals surface area contributed by atoms with Crippen molar-refractivity contribution in [2.45, 2.75) is 52.4 Å². The maximum atomic E-state index is 2.55. The fourth-order valence-electron chi connectivity index (χ4n) is 4.22. The second-order valence-electron chi connectivity index (χ2n) is 8.77. The molecule has 0 N–H and O–H groups in total. The standard InChI is InChI=1S/C20H28Si2/c1-20(2,3)15-11-10-14-18-19(15)22(6,7)17-13-9-8-12-16(17)21(18,4)5/h8-14H,1-7H3. The molecule has 0 saturated heterocycles. The maximum Gasteiger partial charge on any atom is 0.112 e. The van der Waals surface area contributed by atoms with Crippen molar-refractivity contribution < 1.29 is 0 Å². The zero-order chi connectivity index (χ0) is 16.3. The predicted molar refractivity (Wildman–Crippen MR) is 105 cm³/mol. The molecule has 1 heterocycles. The van der Waals surface area contributed by atoms with E-state index in [0.717, 1.165) is 0 Å². The summed E-state index contributed by atoms with van der Waals surface area (Å²) >= 11 is 0. The molecule has 0 amide bonds. The van der Waals surface area contributed by atoms with Crippen molar-refractivity contribution in [1.82, 2.24) is 0 Å². The zero-order valence-corrected chi connectivity index (χ0v) is 17.0. The molecule has 116 valence electrons. The minimum absolute atomic E-state index is 0.215. The highest BCUT2D eigenvalue weighted by Gasteiger charge is 2.45. The van der Waals surface area contributed by atoms with Crippen LogP contribution in [0.5, 0.6) is 0 Å². The lowest BCUT2D eigenvalue weighted by atomic mass is 9.87. The van der Waals surface area contributed by atoms with Gasteiger partial charge in [-0.1, -0.05) is 110 Å². The van der Waals surface area contributed by atoms with Gasteiger partial charge in [0.15, 0.2) is 0 Å². The van der Waals surface area contributed by atoms with E-state index in [1.54, 1.807) is 26.3 Å². The fourth-order valence-corrected chi connectivity index (χ4v) is 14.2. The second-order valence-corrected chi connectivity index (χ2v) is 17.4. The van der Waals surface area contributed by atoms with Gasteiger partial charge < -0.3 is 0 Å². The minimum Gasteiger partial charge on any atom is -0.0627 e. The molecule has 2 aromatic rings. The van der Waals surface area contributed by atoms with E-state index in [-0.39, 0.29) is 5.41 Å². The van der Waals surface area contributed by atoms with E-state index in [4.69, 9.17) is 0 Å². The molecule has 0 unspecified atom stereocenters. The van der Waals surface area contributed by atoms with Crippen molar-refractivity contribution in [3.63, 3.8) is 0 Å². The second kappa shape index (κ2) is 4.68. The number of benzene rings is 2. The Hall–Kier alpha value is -1.13. The van der Waals surface area contributed by atoms with Gasteiger partial charge in [0.05, 0.1) is 0 Å². The van der Waals surface area contributed by atoms with Gasteiger partial charge in [0.1, 0.15) is 16.1 Å². The normalized spacial score (nSPS) is 18.5. The van der Waals surface area contributed by atoms with Crippen LogP contribution in [0.3, 0.4) is 0 Å². The lowest BCUT2D eigenvalue weighted by Crippen LogP contribution is -2.78. The molecule has 3 rings (SSSR count). The summed E-state index contributed by atoms with van der Waals surface area (Å²) in [6.45, 7) is 17.2. The van der Waals surface area contributed by atoms with Crippen LogP contribution in [-0.4, -0.2) is 16.1 Å². The first-order valence-corrected chi connectivity index (χ1v) is 14.3. The molecule has 0 aliphatic carbocycles. The van der Waals surface area contributed by atoms with E-state index >= 15 is 0 Å². The van der Waals surface area contributed by atoms with Crippen LogP contribution in [0.25, 0.3) is 0 Å². The highest BCUT2D eigenvalue weighted by Crippen LogP contribution is 2.25. The van der Waals surface area contributed by atoms with Crippen LogP contribution in [0.4, 0.5) is 0 Å². The Balaban J connectivity index is 2.44. The molecule has 2 aromatic carbocycles. The molecule has 0 bridgehead atoms. The summed E-state index contributed by atoms with van der Waals surface area (Å²) in [6, 6.07) is 16.4. The summed E-state index contributed by atoms with van der Waals surface area (Å²) in [5.41, 5.74) is 1.79. The molecule has 2 heteroatoms. The topological polar surface area (TPSA) is 0 Å². The van der Waals surface area contributed by atoms with Gasteiger partial charge in [0, 0.05) is 0 Å². The number of fused-ring (bicyclic) bond motifs is 2. The van der Waals surface area contributed by atoms with Crippen LogP contribution in [0.15, 0.2) is 42.5 Å². The highest BCUT2D eigenvalue weighted by molar-refractivity contribution is 7.16. The monoisotopic (exact) mass is 324 g/mol. The molecular formula is C20H28Si2. The van der Waals surface area contributed by atoms with E-state index in [2.05, 4.69) is 89.4 Å². The van der Waals surface area contributed by atoms with Gasteiger partial charge in [0.2, 0.25) is 0 Å². The molecule has 0 fully saturated rings. The molecule has 0 saturated carbocycles. The third kappa shape index (κ3) is 2.08. The number of hydrogen-bond acceptors (Lipinski definition) is 0. The van der Waals surface area contributed by atoms with E-state index in [1.165, 1.54) is 0 Å². The van der Waals surface area contributed by atoms with Crippen LogP contribution in [0.2, 0.25) is 26.2 Å². The molecule has 0 aromatic heterocycles. The van der Waals surface area contributed by atoms with Crippen molar-refractivity contribution in [1.29, 1.82) is 0 Å². The van der Waals surface area contributed by atoms with Crippen LogP contribution in [-0.2, 0) is 5.41 Å². The van der Waals surface area contributed by atoms with Gasteiger partial charge in [-0.15, -0.1) is 0 Å². The first-order valence-electron chi connectivity index (χ1n) is 8.32. The van der Waals surface area contributed by atoms with Gasteiger partial charge in [0.25, 0.3) is 0 Å². The first kappa shape index (κ1) is 15.8. The molecule has 1 aliphatic rings. The molecule has 0 nitrogen and oxygen atoms in total. The lowest BCUT2D eigenvalue weighted by Gasteiger charge is -2.44. The van der Waals surface area contributed by atoms with Gasteiger partial charge in [-0.05, 0) is 11.0 Å². The average molecular weight is 325 g/mol. The summed E-state index contributed by atoms with van der Waals surface area (Å²) in [5.74, 6) is 0. The smallest absolute Gasteiger partial charge is 0.0627 e. The summed E-state index contributed by atoms with van der Waals surface area (Å²) in [4.78, 5) is 0. The summed E-state index contributed by atoms with van der Waals surface area (Å²) in [6.07, 6.45) is 0. The van der Waals surface area contributed by atoms with Crippen LogP contribution >= 0.6 is 0 Å². The van der Waals surface area contributed by atoms with Crippen molar-refractivity contribution in [3.05, 3.63) is 48.0 Å². The largest absolute Gasteiger partial charge is 0.112 e. The lowest BCUT2D eigenvalue weighted by molar-refractivity contribution is 0.594. The molecule has 22 heavy (non-hydrogen) atoms. The van der Waals surface area contributed by atoms with Gasteiger partial charge >= 0.3 is 0 Å². The molecule has 0 spiro atoms. The molecular weight excluding hydrogens is 296 g/mol. The number of rotatable bonds is 0. The first-order chi connectivity index (χ1) is 10.1. The fraction of sp³-hybridized carbons (Fsp3) is 0.400. The Bertz CT molecular complexity index is 734. The van der Waals surface area contributed by atoms with Crippen molar-refractivity contribution in [3.8, 4) is 0 Å². The average Bonchev–Trinajstić information content (AvgIpc) is 2.44. The summed E-state index contributed by atoms with van der Waals surface area (Å²) in [5, 5.41) is 6.77. The Morgan fingerprint density at radius 2 is 1.14 bits per heavy atom. The van der Waals surface area contributed by atoms with Crippen LogP contribution < -0.4 is 20.7 Å². The minimum atomic E-state index is -1.64.